The quantitative estimate of drug-likeness (QED) is 0.256. The molecule has 92 valence electrons. The lowest BCUT2D eigenvalue weighted by atomic mass is 10.3. The normalized spacial score (nSPS) is 15.9. The number of benzene rings is 1. The molecule has 1 aliphatic carbocycles. The summed E-state index contributed by atoms with van der Waals surface area (Å²) in [5.41, 5.74) is 2.96. The third-order valence-electron chi connectivity index (χ3n) is 2.24. The summed E-state index contributed by atoms with van der Waals surface area (Å²) in [6.45, 7) is 0. The summed E-state index contributed by atoms with van der Waals surface area (Å²) in [5, 5.41) is 2.78. The average molecular weight is 277 g/mol. The summed E-state index contributed by atoms with van der Waals surface area (Å²) >= 11 is 11.3. The highest BCUT2D eigenvalue weighted by atomic mass is 35.5. The number of guanidine groups is 1. The first-order valence-electron chi connectivity index (χ1n) is 5.06. The van der Waals surface area contributed by atoms with Crippen LogP contribution in [0, 0.1) is 5.82 Å². The number of halogens is 3. The second kappa shape index (κ2) is 5.08. The molecule has 1 fully saturated rings. The Kier molecular flexibility index (Phi) is 3.71. The van der Waals surface area contributed by atoms with Gasteiger partial charge in [0, 0.05) is 5.69 Å². The van der Waals surface area contributed by atoms with E-state index in [1.807, 2.05) is 0 Å². The molecule has 1 aromatic carbocycles. The molecule has 0 spiro atoms. The van der Waals surface area contributed by atoms with Crippen LogP contribution in [-0.2, 0) is 0 Å². The van der Waals surface area contributed by atoms with E-state index >= 15 is 0 Å². The van der Waals surface area contributed by atoms with Crippen molar-refractivity contribution in [3.05, 3.63) is 28.0 Å². The van der Waals surface area contributed by atoms with Gasteiger partial charge in [0.25, 0.3) is 0 Å². The van der Waals surface area contributed by atoms with E-state index in [0.29, 0.717) is 17.7 Å². The fourth-order valence-corrected chi connectivity index (χ4v) is 1.74. The number of hydrazine groups is 1. The largest absolute Gasteiger partial charge is 0.325 e. The molecule has 7 heteroatoms. The van der Waals surface area contributed by atoms with Crippen molar-refractivity contribution in [3.63, 3.8) is 0 Å². The van der Waals surface area contributed by atoms with Crippen LogP contribution in [0.15, 0.2) is 17.1 Å². The smallest absolute Gasteiger partial charge is 0.210 e. The van der Waals surface area contributed by atoms with Gasteiger partial charge in [-0.15, -0.1) is 0 Å². The predicted molar refractivity (Wildman–Crippen MR) is 67.8 cm³/mol. The lowest BCUT2D eigenvalue weighted by Crippen LogP contribution is -2.36. The van der Waals surface area contributed by atoms with Gasteiger partial charge in [0.05, 0.1) is 16.1 Å². The molecule has 4 nitrogen and oxygen atoms in total. The molecular formula is C10H11Cl2FN4. The summed E-state index contributed by atoms with van der Waals surface area (Å²) in [7, 11) is 0. The Labute approximate surface area is 108 Å². The van der Waals surface area contributed by atoms with E-state index in [2.05, 4.69) is 15.7 Å². The van der Waals surface area contributed by atoms with Crippen molar-refractivity contribution in [1.82, 2.24) is 5.43 Å². The van der Waals surface area contributed by atoms with E-state index in [-0.39, 0.29) is 10.0 Å². The monoisotopic (exact) mass is 276 g/mol. The van der Waals surface area contributed by atoms with Crippen LogP contribution in [0.2, 0.25) is 10.0 Å². The third kappa shape index (κ3) is 3.21. The maximum absolute atomic E-state index is 13.2. The van der Waals surface area contributed by atoms with E-state index in [1.165, 1.54) is 12.1 Å². The number of hydrogen-bond acceptors (Lipinski definition) is 2. The number of nitrogens with two attached hydrogens (primary N) is 1. The summed E-state index contributed by atoms with van der Waals surface area (Å²) in [5.74, 6) is 5.09. The lowest BCUT2D eigenvalue weighted by molar-refractivity contribution is 0.629. The summed E-state index contributed by atoms with van der Waals surface area (Å²) in [6.07, 6.45) is 2.11. The van der Waals surface area contributed by atoms with E-state index < -0.39 is 5.82 Å². The summed E-state index contributed by atoms with van der Waals surface area (Å²) < 4.78 is 13.2. The first-order chi connectivity index (χ1) is 8.10. The molecule has 1 aliphatic rings. The van der Waals surface area contributed by atoms with Gasteiger partial charge in [-0.25, -0.2) is 15.2 Å². The van der Waals surface area contributed by atoms with Crippen molar-refractivity contribution in [2.45, 2.75) is 18.9 Å². The minimum atomic E-state index is -0.639. The van der Waals surface area contributed by atoms with Crippen LogP contribution in [0.1, 0.15) is 12.8 Å². The van der Waals surface area contributed by atoms with Crippen LogP contribution in [0.3, 0.4) is 0 Å². The van der Waals surface area contributed by atoms with Gasteiger partial charge in [-0.2, -0.15) is 0 Å². The molecule has 0 bridgehead atoms. The van der Waals surface area contributed by atoms with Crippen LogP contribution >= 0.6 is 23.2 Å². The molecule has 4 N–H and O–H groups in total. The van der Waals surface area contributed by atoms with Crippen LogP contribution in [-0.4, -0.2) is 12.0 Å². The minimum absolute atomic E-state index is 0.0530. The topological polar surface area (TPSA) is 62.4 Å². The van der Waals surface area contributed by atoms with Crippen molar-refractivity contribution in [2.75, 3.05) is 5.32 Å². The molecular weight excluding hydrogens is 266 g/mol. The Hall–Kier alpha value is -1.04. The molecule has 0 atom stereocenters. The van der Waals surface area contributed by atoms with Crippen LogP contribution in [0.5, 0.6) is 0 Å². The highest BCUT2D eigenvalue weighted by molar-refractivity contribution is 6.35. The van der Waals surface area contributed by atoms with Crippen molar-refractivity contribution in [1.29, 1.82) is 0 Å². The Bertz CT molecular complexity index is 437. The van der Waals surface area contributed by atoms with E-state index in [1.54, 1.807) is 0 Å². The van der Waals surface area contributed by atoms with Crippen LogP contribution in [0.25, 0.3) is 0 Å². The number of aliphatic imine (C=N–C) groups is 1. The van der Waals surface area contributed by atoms with Gasteiger partial charge in [0.15, 0.2) is 5.82 Å². The molecule has 17 heavy (non-hydrogen) atoms. The van der Waals surface area contributed by atoms with Crippen molar-refractivity contribution < 1.29 is 4.39 Å². The Morgan fingerprint density at radius 3 is 2.41 bits per heavy atom. The zero-order valence-electron chi connectivity index (χ0n) is 8.80. The fraction of sp³-hybridized carbons (Fsp3) is 0.300. The molecule has 0 aliphatic heterocycles. The maximum atomic E-state index is 13.2. The van der Waals surface area contributed by atoms with E-state index in [0.717, 1.165) is 12.8 Å². The number of hydrogen-bond donors (Lipinski definition) is 3. The van der Waals surface area contributed by atoms with Gasteiger partial charge >= 0.3 is 0 Å². The first-order valence-corrected chi connectivity index (χ1v) is 5.81. The molecule has 1 aromatic rings. The van der Waals surface area contributed by atoms with Gasteiger partial charge in [-0.1, -0.05) is 23.2 Å². The molecule has 0 amide bonds. The Morgan fingerprint density at radius 1 is 1.35 bits per heavy atom. The SMILES string of the molecule is NNC(=NC1CC1)Nc1cc(Cl)c(F)c(Cl)c1. The highest BCUT2D eigenvalue weighted by Gasteiger charge is 2.21. The van der Waals surface area contributed by atoms with Gasteiger partial charge in [-0.05, 0) is 25.0 Å². The van der Waals surface area contributed by atoms with Crippen LogP contribution < -0.4 is 16.6 Å². The fourth-order valence-electron chi connectivity index (χ4n) is 1.26. The Morgan fingerprint density at radius 2 is 1.94 bits per heavy atom. The van der Waals surface area contributed by atoms with Gasteiger partial charge in [0.1, 0.15) is 0 Å². The number of rotatable bonds is 2. The lowest BCUT2D eigenvalue weighted by Gasteiger charge is -2.10. The summed E-state index contributed by atoms with van der Waals surface area (Å²) in [4.78, 5) is 4.27. The molecule has 0 aromatic heterocycles. The Balaban J connectivity index is 2.17. The standard InChI is InChI=1S/C10H11Cl2FN4/c11-7-3-6(4-8(12)9(7)13)16-10(17-14)15-5-1-2-5/h3-5H,1-2,14H2,(H2,15,16,17). The van der Waals surface area contributed by atoms with Gasteiger partial charge < -0.3 is 5.32 Å². The number of nitrogens with zero attached hydrogens (tertiary/aromatic N) is 1. The molecule has 0 saturated heterocycles. The number of nitrogens with one attached hydrogen (secondary N) is 2. The summed E-state index contributed by atoms with van der Waals surface area (Å²) in [6, 6.07) is 3.14. The maximum Gasteiger partial charge on any atom is 0.210 e. The van der Waals surface area contributed by atoms with E-state index in [9.17, 15) is 4.39 Å². The minimum Gasteiger partial charge on any atom is -0.325 e. The van der Waals surface area contributed by atoms with Gasteiger partial charge in [-0.3, -0.25) is 5.43 Å². The molecule has 1 saturated carbocycles. The predicted octanol–water partition coefficient (Wildman–Crippen LogP) is 2.53. The second-order valence-corrected chi connectivity index (χ2v) is 4.55. The second-order valence-electron chi connectivity index (χ2n) is 3.73. The van der Waals surface area contributed by atoms with Crippen molar-refractivity contribution >= 4 is 34.8 Å². The zero-order chi connectivity index (χ0) is 12.4. The molecule has 0 unspecified atom stereocenters. The average Bonchev–Trinajstić information content (AvgIpc) is 3.08. The van der Waals surface area contributed by atoms with E-state index in [4.69, 9.17) is 29.0 Å². The molecule has 2 rings (SSSR count). The van der Waals surface area contributed by atoms with Crippen molar-refractivity contribution in [2.24, 2.45) is 10.8 Å². The molecule has 0 heterocycles. The third-order valence-corrected chi connectivity index (χ3v) is 2.79. The zero-order valence-corrected chi connectivity index (χ0v) is 10.3. The highest BCUT2D eigenvalue weighted by Crippen LogP contribution is 2.28. The number of anilines is 1. The van der Waals surface area contributed by atoms with Crippen molar-refractivity contribution in [3.8, 4) is 0 Å². The van der Waals surface area contributed by atoms with Crippen LogP contribution in [0.4, 0.5) is 10.1 Å². The van der Waals surface area contributed by atoms with Gasteiger partial charge in [0.2, 0.25) is 5.96 Å². The first kappa shape index (κ1) is 12.4. The molecule has 0 radical (unpaired) electrons.